The number of aliphatic hydroxyl groups excluding tert-OH is 1. The monoisotopic (exact) mass is 424 g/mol. The molecule has 0 aliphatic carbocycles. The first-order chi connectivity index (χ1) is 14.9. The Morgan fingerprint density at radius 2 is 1.87 bits per heavy atom. The van der Waals surface area contributed by atoms with Gasteiger partial charge >= 0.3 is 5.97 Å². The van der Waals surface area contributed by atoms with Crippen molar-refractivity contribution in [2.75, 3.05) is 39.8 Å². The molecule has 0 atom stereocenters. The van der Waals surface area contributed by atoms with Crippen molar-refractivity contribution in [1.29, 1.82) is 5.41 Å². The third-order valence-electron chi connectivity index (χ3n) is 5.92. The number of nitrogens with zero attached hydrogens (tertiary/aromatic N) is 2. The fourth-order valence-corrected chi connectivity index (χ4v) is 4.18. The van der Waals surface area contributed by atoms with E-state index in [1.54, 1.807) is 24.3 Å². The van der Waals surface area contributed by atoms with Crippen LogP contribution in [-0.2, 0) is 6.54 Å². The summed E-state index contributed by atoms with van der Waals surface area (Å²) in [6, 6.07) is 12.6. The molecule has 0 saturated carbocycles. The molecule has 7 heteroatoms. The highest BCUT2D eigenvalue weighted by Gasteiger charge is 2.20. The van der Waals surface area contributed by atoms with Gasteiger partial charge in [-0.1, -0.05) is 18.2 Å². The summed E-state index contributed by atoms with van der Waals surface area (Å²) >= 11 is 0. The van der Waals surface area contributed by atoms with Gasteiger partial charge in [-0.15, -0.1) is 0 Å². The van der Waals surface area contributed by atoms with Crippen LogP contribution in [0.4, 0.5) is 0 Å². The van der Waals surface area contributed by atoms with Crippen LogP contribution in [0.2, 0.25) is 0 Å². The van der Waals surface area contributed by atoms with Gasteiger partial charge in [0, 0.05) is 25.2 Å². The summed E-state index contributed by atoms with van der Waals surface area (Å²) in [5.74, 6) is -0.421. The molecule has 3 rings (SSSR count). The maximum Gasteiger partial charge on any atom is 0.335 e. The maximum absolute atomic E-state index is 11.8. The summed E-state index contributed by atoms with van der Waals surface area (Å²) in [6.07, 6.45) is 2.27. The van der Waals surface area contributed by atoms with Crippen molar-refractivity contribution in [1.82, 2.24) is 9.80 Å². The van der Waals surface area contributed by atoms with E-state index in [0.29, 0.717) is 24.6 Å². The van der Waals surface area contributed by atoms with E-state index in [2.05, 4.69) is 16.8 Å². The zero-order chi connectivity index (χ0) is 22.4. The molecule has 166 valence electrons. The number of aliphatic hydroxyl groups is 1. The van der Waals surface area contributed by atoms with Gasteiger partial charge in [0.15, 0.2) is 0 Å². The molecule has 31 heavy (non-hydrogen) atoms. The van der Waals surface area contributed by atoms with E-state index in [1.807, 2.05) is 18.2 Å². The molecular weight excluding hydrogens is 392 g/mol. The number of aromatic carboxylic acids is 1. The Morgan fingerprint density at radius 1 is 1.16 bits per heavy atom. The van der Waals surface area contributed by atoms with E-state index in [0.717, 1.165) is 49.2 Å². The summed E-state index contributed by atoms with van der Waals surface area (Å²) in [5, 5.41) is 26.9. The Balaban J connectivity index is 1.85. The van der Waals surface area contributed by atoms with Gasteiger partial charge < -0.3 is 20.8 Å². The van der Waals surface area contributed by atoms with Gasteiger partial charge in [0.2, 0.25) is 0 Å². The lowest BCUT2D eigenvalue weighted by molar-refractivity contribution is 0.0696. The van der Waals surface area contributed by atoms with E-state index < -0.39 is 5.97 Å². The van der Waals surface area contributed by atoms with Crippen LogP contribution >= 0.6 is 0 Å². The second-order valence-corrected chi connectivity index (χ2v) is 8.42. The highest BCUT2D eigenvalue weighted by Crippen LogP contribution is 2.25. The van der Waals surface area contributed by atoms with Crippen LogP contribution in [-0.4, -0.2) is 71.7 Å². The molecule has 0 bridgehead atoms. The summed E-state index contributed by atoms with van der Waals surface area (Å²) in [7, 11) is 2.14. The minimum Gasteiger partial charge on any atom is -0.478 e. The van der Waals surface area contributed by atoms with Crippen LogP contribution < -0.4 is 5.73 Å². The number of likely N-dealkylation sites (tertiary alicyclic amines) is 1. The second-order valence-electron chi connectivity index (χ2n) is 8.42. The summed E-state index contributed by atoms with van der Waals surface area (Å²) in [6.45, 7) is 4.26. The Labute approximate surface area is 183 Å². The third kappa shape index (κ3) is 6.37. The SMILES string of the molecule is CN1CCC(CN(CCO)Cc2cc(C(=O)O)cc(-c3cccc(C(=N)N)c3)c2)CC1. The number of amidine groups is 1. The van der Waals surface area contributed by atoms with Crippen LogP contribution in [0, 0.1) is 11.3 Å². The van der Waals surface area contributed by atoms with Crippen LogP contribution in [0.3, 0.4) is 0 Å². The summed E-state index contributed by atoms with van der Waals surface area (Å²) in [5.41, 5.74) is 8.94. The quantitative estimate of drug-likeness (QED) is 0.363. The Bertz CT molecular complexity index is 923. The standard InChI is InChI=1S/C24H32N4O3/c1-27-7-5-17(6-8-27)15-28(9-10-29)16-18-11-21(14-22(12-18)24(30)31)19-3-2-4-20(13-19)23(25)26/h2-4,11-14,17,29H,5-10,15-16H2,1H3,(H3,25,26)(H,30,31). The molecule has 2 aromatic rings. The normalized spacial score (nSPS) is 15.3. The van der Waals surface area contributed by atoms with Gasteiger partial charge in [-0.2, -0.15) is 0 Å². The fraction of sp³-hybridized carbons (Fsp3) is 0.417. The van der Waals surface area contributed by atoms with Crippen molar-refractivity contribution < 1.29 is 15.0 Å². The van der Waals surface area contributed by atoms with E-state index in [-0.39, 0.29) is 18.0 Å². The molecule has 0 spiro atoms. The summed E-state index contributed by atoms with van der Waals surface area (Å²) < 4.78 is 0. The smallest absolute Gasteiger partial charge is 0.335 e. The van der Waals surface area contributed by atoms with Crippen molar-refractivity contribution in [3.8, 4) is 11.1 Å². The van der Waals surface area contributed by atoms with Gasteiger partial charge in [-0.25, -0.2) is 4.79 Å². The number of benzene rings is 2. The van der Waals surface area contributed by atoms with Crippen LogP contribution in [0.25, 0.3) is 11.1 Å². The molecule has 0 unspecified atom stereocenters. The van der Waals surface area contributed by atoms with Gasteiger partial charge in [-0.3, -0.25) is 10.3 Å². The number of hydrogen-bond donors (Lipinski definition) is 4. The molecule has 7 nitrogen and oxygen atoms in total. The molecule has 0 radical (unpaired) electrons. The van der Waals surface area contributed by atoms with Crippen molar-refractivity contribution in [3.63, 3.8) is 0 Å². The minimum atomic E-state index is -0.977. The number of carboxylic acids is 1. The van der Waals surface area contributed by atoms with Crippen molar-refractivity contribution >= 4 is 11.8 Å². The van der Waals surface area contributed by atoms with E-state index in [9.17, 15) is 15.0 Å². The minimum absolute atomic E-state index is 0.0243. The number of rotatable bonds is 9. The van der Waals surface area contributed by atoms with Crippen LogP contribution in [0.5, 0.6) is 0 Å². The molecule has 1 aliphatic rings. The second kappa shape index (κ2) is 10.5. The highest BCUT2D eigenvalue weighted by molar-refractivity contribution is 5.96. The summed E-state index contributed by atoms with van der Waals surface area (Å²) in [4.78, 5) is 16.3. The first-order valence-corrected chi connectivity index (χ1v) is 10.7. The number of hydrogen-bond acceptors (Lipinski definition) is 5. The first-order valence-electron chi connectivity index (χ1n) is 10.7. The number of carboxylic acid groups (broad SMARTS) is 1. The lowest BCUT2D eigenvalue weighted by atomic mass is 9.95. The molecule has 1 heterocycles. The Morgan fingerprint density at radius 3 is 2.52 bits per heavy atom. The lowest BCUT2D eigenvalue weighted by Gasteiger charge is -2.33. The van der Waals surface area contributed by atoms with Crippen molar-refractivity contribution in [2.45, 2.75) is 19.4 Å². The van der Waals surface area contributed by atoms with Crippen LogP contribution in [0.1, 0.15) is 34.3 Å². The first kappa shape index (κ1) is 22.9. The van der Waals surface area contributed by atoms with Gasteiger partial charge in [-0.05, 0) is 79.9 Å². The lowest BCUT2D eigenvalue weighted by Crippen LogP contribution is -2.37. The molecule has 5 N–H and O–H groups in total. The van der Waals surface area contributed by atoms with E-state index >= 15 is 0 Å². The van der Waals surface area contributed by atoms with Gasteiger partial charge in [0.05, 0.1) is 12.2 Å². The largest absolute Gasteiger partial charge is 0.478 e. The molecule has 0 amide bonds. The van der Waals surface area contributed by atoms with E-state index in [4.69, 9.17) is 11.1 Å². The number of nitrogens with two attached hydrogens (primary N) is 1. The molecule has 1 fully saturated rings. The van der Waals surface area contributed by atoms with Gasteiger partial charge in [0.1, 0.15) is 5.84 Å². The van der Waals surface area contributed by atoms with Crippen molar-refractivity contribution in [3.05, 3.63) is 59.2 Å². The number of carbonyl (C=O) groups is 1. The zero-order valence-corrected chi connectivity index (χ0v) is 18.1. The Kier molecular flexibility index (Phi) is 7.79. The van der Waals surface area contributed by atoms with Crippen LogP contribution in [0.15, 0.2) is 42.5 Å². The Hall–Kier alpha value is -2.74. The predicted molar refractivity (Wildman–Crippen MR) is 122 cm³/mol. The predicted octanol–water partition coefficient (Wildman–Crippen LogP) is 2.47. The highest BCUT2D eigenvalue weighted by atomic mass is 16.4. The number of piperidine rings is 1. The topological polar surface area (TPSA) is 114 Å². The third-order valence-corrected chi connectivity index (χ3v) is 5.92. The fourth-order valence-electron chi connectivity index (χ4n) is 4.18. The molecular formula is C24H32N4O3. The average molecular weight is 425 g/mol. The number of nitrogens with one attached hydrogen (secondary N) is 1. The zero-order valence-electron chi connectivity index (χ0n) is 18.1. The average Bonchev–Trinajstić information content (AvgIpc) is 2.75. The molecule has 2 aromatic carbocycles. The van der Waals surface area contributed by atoms with Crippen molar-refractivity contribution in [2.24, 2.45) is 11.7 Å². The molecule has 0 aromatic heterocycles. The molecule has 1 saturated heterocycles. The number of nitrogen functional groups attached to an aromatic ring is 1. The van der Waals surface area contributed by atoms with E-state index in [1.165, 1.54) is 0 Å². The maximum atomic E-state index is 11.8. The molecule has 1 aliphatic heterocycles. The van der Waals surface area contributed by atoms with Gasteiger partial charge in [0.25, 0.3) is 0 Å².